The van der Waals surface area contributed by atoms with E-state index in [2.05, 4.69) is 17.0 Å². The van der Waals surface area contributed by atoms with Crippen LogP contribution in [0.4, 0.5) is 5.13 Å². The van der Waals surface area contributed by atoms with E-state index < -0.39 is 5.97 Å². The average Bonchev–Trinajstić information content (AvgIpc) is 3.35. The first-order valence-corrected chi connectivity index (χ1v) is 12.2. The van der Waals surface area contributed by atoms with Crippen molar-refractivity contribution in [3.05, 3.63) is 106 Å². The Bertz CT molecular complexity index is 1290. The van der Waals surface area contributed by atoms with Crippen molar-refractivity contribution in [2.45, 2.75) is 13.1 Å². The van der Waals surface area contributed by atoms with Gasteiger partial charge in [0.25, 0.3) is 5.91 Å². The van der Waals surface area contributed by atoms with Crippen molar-refractivity contribution in [3.8, 4) is 11.3 Å². The molecule has 0 saturated carbocycles. The Labute approximate surface area is 213 Å². The smallest absolute Gasteiger partial charge is 0.323 e. The highest BCUT2D eigenvalue weighted by atomic mass is 35.5. The Hall–Kier alpha value is -3.68. The van der Waals surface area contributed by atoms with E-state index in [1.165, 1.54) is 11.9 Å². The predicted octanol–water partition coefficient (Wildman–Crippen LogP) is 5.83. The molecule has 8 heteroatoms. The third-order valence-corrected chi connectivity index (χ3v) is 6.57. The van der Waals surface area contributed by atoms with Crippen LogP contribution in [0.1, 0.15) is 21.5 Å². The summed E-state index contributed by atoms with van der Waals surface area (Å²) in [7, 11) is 1.48. The van der Waals surface area contributed by atoms with Crippen molar-refractivity contribution < 1.29 is 14.7 Å². The minimum absolute atomic E-state index is 0.326. The van der Waals surface area contributed by atoms with Crippen molar-refractivity contribution in [1.82, 2.24) is 9.88 Å². The van der Waals surface area contributed by atoms with E-state index in [-0.39, 0.29) is 12.5 Å². The van der Waals surface area contributed by atoms with Gasteiger partial charge in [0.1, 0.15) is 6.54 Å². The first-order valence-electron chi connectivity index (χ1n) is 11.0. The molecule has 6 nitrogen and oxygen atoms in total. The number of anilines is 1. The monoisotopic (exact) mass is 505 g/mol. The largest absolute Gasteiger partial charge is 0.480 e. The molecule has 0 fully saturated rings. The maximum absolute atomic E-state index is 12.5. The summed E-state index contributed by atoms with van der Waals surface area (Å²) in [6.07, 6.45) is 0. The summed E-state index contributed by atoms with van der Waals surface area (Å²) in [6, 6.07) is 25.1. The van der Waals surface area contributed by atoms with Gasteiger partial charge in [0, 0.05) is 41.7 Å². The first kappa shape index (κ1) is 24.4. The van der Waals surface area contributed by atoms with Crippen molar-refractivity contribution >= 4 is 39.9 Å². The first-order chi connectivity index (χ1) is 16.9. The van der Waals surface area contributed by atoms with Gasteiger partial charge in [0.05, 0.1) is 5.69 Å². The van der Waals surface area contributed by atoms with E-state index >= 15 is 0 Å². The number of aromatic nitrogens is 1. The van der Waals surface area contributed by atoms with Gasteiger partial charge in [0.2, 0.25) is 0 Å². The number of carbonyl (C=O) groups is 2. The van der Waals surface area contributed by atoms with Gasteiger partial charge in [-0.15, -0.1) is 11.3 Å². The molecule has 0 radical (unpaired) electrons. The van der Waals surface area contributed by atoms with E-state index in [0.717, 1.165) is 27.5 Å². The summed E-state index contributed by atoms with van der Waals surface area (Å²) in [5, 5.41) is 12.5. The fourth-order valence-electron chi connectivity index (χ4n) is 3.63. The minimum Gasteiger partial charge on any atom is -0.480 e. The van der Waals surface area contributed by atoms with Gasteiger partial charge in [-0.25, -0.2) is 4.98 Å². The van der Waals surface area contributed by atoms with Crippen molar-refractivity contribution in [2.24, 2.45) is 0 Å². The lowest BCUT2D eigenvalue weighted by Gasteiger charge is -2.22. The Balaban J connectivity index is 1.55. The zero-order valence-electron chi connectivity index (χ0n) is 19.1. The highest BCUT2D eigenvalue weighted by Gasteiger charge is 2.16. The van der Waals surface area contributed by atoms with Crippen LogP contribution in [0.2, 0.25) is 5.02 Å². The fraction of sp³-hybridized carbons (Fsp3) is 0.148. The number of likely N-dealkylation sites (N-methyl/N-ethyl adjacent to an activating group) is 1. The molecule has 35 heavy (non-hydrogen) atoms. The number of aliphatic carboxylic acids is 1. The number of rotatable bonds is 9. The molecule has 1 aromatic heterocycles. The Morgan fingerprint density at radius 1 is 0.914 bits per heavy atom. The summed E-state index contributed by atoms with van der Waals surface area (Å²) in [5.74, 6) is -1.37. The quantitative estimate of drug-likeness (QED) is 0.310. The lowest BCUT2D eigenvalue weighted by Crippen LogP contribution is -2.31. The molecule has 0 saturated heterocycles. The molecule has 0 aliphatic heterocycles. The van der Waals surface area contributed by atoms with E-state index in [1.807, 2.05) is 60.0 Å². The standard InChI is InChI=1S/C27H24ClN3O3S/c1-30(17-25(32)33)26(34)22-9-7-20(8-10-22)16-31(15-19-5-3-2-4-6-19)27-29-24(18-35-27)21-11-13-23(28)14-12-21/h2-14,18H,15-17H2,1H3,(H,32,33). The molecular formula is C27H24ClN3O3S. The number of hydrogen-bond acceptors (Lipinski definition) is 5. The fourth-order valence-corrected chi connectivity index (χ4v) is 4.59. The van der Waals surface area contributed by atoms with Crippen LogP contribution in [-0.4, -0.2) is 40.5 Å². The summed E-state index contributed by atoms with van der Waals surface area (Å²) in [5.41, 5.74) is 4.53. The van der Waals surface area contributed by atoms with Crippen molar-refractivity contribution in [1.29, 1.82) is 0 Å². The van der Waals surface area contributed by atoms with Crippen LogP contribution in [-0.2, 0) is 17.9 Å². The molecule has 1 N–H and O–H groups in total. The van der Waals surface area contributed by atoms with Gasteiger partial charge in [0.15, 0.2) is 5.13 Å². The van der Waals surface area contributed by atoms with E-state index in [1.54, 1.807) is 23.5 Å². The third-order valence-electron chi connectivity index (χ3n) is 5.41. The number of halogens is 1. The molecule has 1 amide bonds. The molecule has 0 unspecified atom stereocenters. The lowest BCUT2D eigenvalue weighted by molar-refractivity contribution is -0.137. The van der Waals surface area contributed by atoms with Crippen molar-refractivity contribution in [3.63, 3.8) is 0 Å². The van der Waals surface area contributed by atoms with Gasteiger partial charge >= 0.3 is 5.97 Å². The van der Waals surface area contributed by atoms with Crippen LogP contribution in [0.5, 0.6) is 0 Å². The Kier molecular flexibility index (Phi) is 7.80. The molecule has 0 bridgehead atoms. The van der Waals surface area contributed by atoms with Gasteiger partial charge in [-0.2, -0.15) is 0 Å². The molecule has 4 rings (SSSR count). The maximum Gasteiger partial charge on any atom is 0.323 e. The number of nitrogens with zero attached hydrogens (tertiary/aromatic N) is 3. The molecule has 0 atom stereocenters. The number of carboxylic acid groups (broad SMARTS) is 1. The summed E-state index contributed by atoms with van der Waals surface area (Å²) >= 11 is 7.61. The summed E-state index contributed by atoms with van der Waals surface area (Å²) in [6.45, 7) is 0.934. The van der Waals surface area contributed by atoms with Crippen molar-refractivity contribution in [2.75, 3.05) is 18.5 Å². The molecule has 4 aromatic rings. The normalized spacial score (nSPS) is 10.7. The number of hydrogen-bond donors (Lipinski definition) is 1. The molecule has 3 aromatic carbocycles. The average molecular weight is 506 g/mol. The van der Waals surface area contributed by atoms with Gasteiger partial charge in [-0.3, -0.25) is 9.59 Å². The van der Waals surface area contributed by atoms with Crippen LogP contribution in [0.3, 0.4) is 0 Å². The van der Waals surface area contributed by atoms with E-state index in [4.69, 9.17) is 21.7 Å². The zero-order chi connectivity index (χ0) is 24.8. The zero-order valence-corrected chi connectivity index (χ0v) is 20.7. The van der Waals surface area contributed by atoms with E-state index in [9.17, 15) is 9.59 Å². The van der Waals surface area contributed by atoms with Crippen LogP contribution in [0, 0.1) is 0 Å². The Morgan fingerprint density at radius 3 is 2.17 bits per heavy atom. The summed E-state index contributed by atoms with van der Waals surface area (Å²) in [4.78, 5) is 31.6. The van der Waals surface area contributed by atoms with Crippen LogP contribution in [0.15, 0.2) is 84.2 Å². The van der Waals surface area contributed by atoms with Crippen LogP contribution < -0.4 is 4.90 Å². The van der Waals surface area contributed by atoms with Gasteiger partial charge < -0.3 is 14.9 Å². The van der Waals surface area contributed by atoms with E-state index in [0.29, 0.717) is 23.7 Å². The second kappa shape index (κ2) is 11.2. The van der Waals surface area contributed by atoms with Gasteiger partial charge in [-0.1, -0.05) is 66.2 Å². The SMILES string of the molecule is CN(CC(=O)O)C(=O)c1ccc(CN(Cc2ccccc2)c2nc(-c3ccc(Cl)cc3)cs2)cc1. The second-order valence-electron chi connectivity index (χ2n) is 8.12. The molecule has 1 heterocycles. The molecule has 0 aliphatic carbocycles. The number of carbonyl (C=O) groups excluding carboxylic acids is 1. The lowest BCUT2D eigenvalue weighted by atomic mass is 10.1. The molecule has 178 valence electrons. The number of amides is 1. The predicted molar refractivity (Wildman–Crippen MR) is 140 cm³/mol. The number of thiazole rings is 1. The molecule has 0 spiro atoms. The second-order valence-corrected chi connectivity index (χ2v) is 9.39. The summed E-state index contributed by atoms with van der Waals surface area (Å²) < 4.78 is 0. The third kappa shape index (κ3) is 6.47. The maximum atomic E-state index is 12.5. The highest BCUT2D eigenvalue weighted by molar-refractivity contribution is 7.14. The minimum atomic E-state index is -1.05. The van der Waals surface area contributed by atoms with Gasteiger partial charge in [-0.05, 0) is 35.4 Å². The number of carboxylic acids is 1. The molecular weight excluding hydrogens is 482 g/mol. The molecule has 0 aliphatic rings. The number of benzene rings is 3. The van der Waals surface area contributed by atoms with Crippen LogP contribution in [0.25, 0.3) is 11.3 Å². The Morgan fingerprint density at radius 2 is 1.54 bits per heavy atom. The highest BCUT2D eigenvalue weighted by Crippen LogP contribution is 2.30. The topological polar surface area (TPSA) is 73.7 Å². The van der Waals surface area contributed by atoms with Crippen LogP contribution >= 0.6 is 22.9 Å².